The van der Waals surface area contributed by atoms with Crippen LogP contribution in [0.2, 0.25) is 5.02 Å². The topological polar surface area (TPSA) is 24.3 Å². The molecule has 1 aliphatic rings. The van der Waals surface area contributed by atoms with Gasteiger partial charge in [0.05, 0.1) is 11.0 Å². The zero-order chi connectivity index (χ0) is 15.7. The second-order valence-corrected chi connectivity index (χ2v) is 6.61. The quantitative estimate of drug-likeness (QED) is 0.856. The Kier molecular flexibility index (Phi) is 4.59. The average molecular weight is 321 g/mol. The van der Waals surface area contributed by atoms with Gasteiger partial charge in [0.15, 0.2) is 0 Å². The third kappa shape index (κ3) is 2.82. The molecule has 1 fully saturated rings. The van der Waals surface area contributed by atoms with Crippen LogP contribution in [-0.4, -0.2) is 47.7 Å². The van der Waals surface area contributed by atoms with Gasteiger partial charge in [0.2, 0.25) is 5.95 Å². The Labute approximate surface area is 137 Å². The second kappa shape index (κ2) is 6.47. The maximum Gasteiger partial charge on any atom is 0.206 e. The molecule has 0 spiro atoms. The summed E-state index contributed by atoms with van der Waals surface area (Å²) in [7, 11) is 2.18. The van der Waals surface area contributed by atoms with Crippen LogP contribution in [0.1, 0.15) is 32.7 Å². The highest BCUT2D eigenvalue weighted by molar-refractivity contribution is 6.31. The molecule has 3 rings (SSSR count). The fourth-order valence-corrected chi connectivity index (χ4v) is 3.47. The van der Waals surface area contributed by atoms with Crippen LogP contribution in [0.5, 0.6) is 0 Å². The van der Waals surface area contributed by atoms with Crippen LogP contribution in [0.4, 0.5) is 5.95 Å². The Morgan fingerprint density at radius 3 is 2.45 bits per heavy atom. The summed E-state index contributed by atoms with van der Waals surface area (Å²) in [6.45, 7) is 8.76. The van der Waals surface area contributed by atoms with Crippen molar-refractivity contribution in [3.05, 3.63) is 23.2 Å². The number of aromatic nitrogens is 2. The summed E-state index contributed by atoms with van der Waals surface area (Å²) in [5.74, 6) is 1.11. The van der Waals surface area contributed by atoms with Crippen molar-refractivity contribution in [2.45, 2.75) is 32.7 Å². The lowest BCUT2D eigenvalue weighted by Gasteiger charge is -2.34. The number of fused-ring (bicyclic) bond motifs is 1. The van der Waals surface area contributed by atoms with Gasteiger partial charge in [-0.05, 0) is 38.1 Å². The zero-order valence-electron chi connectivity index (χ0n) is 13.7. The summed E-state index contributed by atoms with van der Waals surface area (Å²) < 4.78 is 2.43. The predicted molar refractivity (Wildman–Crippen MR) is 94.1 cm³/mol. The summed E-state index contributed by atoms with van der Waals surface area (Å²) in [5, 5.41) is 0.756. The van der Waals surface area contributed by atoms with Crippen LogP contribution >= 0.6 is 11.6 Å². The molecule has 4 nitrogen and oxygen atoms in total. The highest BCUT2D eigenvalue weighted by Crippen LogP contribution is 2.32. The molecule has 0 bridgehead atoms. The summed E-state index contributed by atoms with van der Waals surface area (Å²) in [6.07, 6.45) is 2.23. The Morgan fingerprint density at radius 2 is 1.82 bits per heavy atom. The highest BCUT2D eigenvalue weighted by atomic mass is 35.5. The van der Waals surface area contributed by atoms with E-state index in [0.717, 1.165) is 55.5 Å². The van der Waals surface area contributed by atoms with Crippen LogP contribution < -0.4 is 4.90 Å². The van der Waals surface area contributed by atoms with Crippen molar-refractivity contribution < 1.29 is 0 Å². The number of halogens is 1. The van der Waals surface area contributed by atoms with Crippen LogP contribution in [0.25, 0.3) is 11.0 Å². The largest absolute Gasteiger partial charge is 0.340 e. The molecule has 0 aliphatic carbocycles. The van der Waals surface area contributed by atoms with E-state index in [9.17, 15) is 0 Å². The number of piperazine rings is 1. The molecular weight excluding hydrogens is 296 g/mol. The summed E-state index contributed by atoms with van der Waals surface area (Å²) in [4.78, 5) is 9.72. The number of nitrogens with zero attached hydrogens (tertiary/aromatic N) is 4. The van der Waals surface area contributed by atoms with E-state index in [4.69, 9.17) is 16.6 Å². The summed E-state index contributed by atoms with van der Waals surface area (Å²) in [5.41, 5.74) is 2.21. The number of anilines is 1. The van der Waals surface area contributed by atoms with Gasteiger partial charge in [-0.1, -0.05) is 25.4 Å². The normalized spacial score (nSPS) is 16.9. The van der Waals surface area contributed by atoms with Gasteiger partial charge in [0.1, 0.15) is 0 Å². The van der Waals surface area contributed by atoms with Crippen molar-refractivity contribution in [1.29, 1.82) is 0 Å². The van der Waals surface area contributed by atoms with Crippen molar-refractivity contribution >= 4 is 28.6 Å². The number of hydrogen-bond acceptors (Lipinski definition) is 3. The molecule has 120 valence electrons. The van der Waals surface area contributed by atoms with E-state index in [-0.39, 0.29) is 0 Å². The van der Waals surface area contributed by atoms with E-state index in [1.165, 1.54) is 5.52 Å². The van der Waals surface area contributed by atoms with Crippen LogP contribution in [0, 0.1) is 0 Å². The molecule has 1 aliphatic heterocycles. The first-order chi connectivity index (χ1) is 10.6. The minimum atomic E-state index is 0.487. The third-order valence-corrected chi connectivity index (χ3v) is 4.96. The molecule has 2 aromatic rings. The minimum absolute atomic E-state index is 0.487. The minimum Gasteiger partial charge on any atom is -0.340 e. The van der Waals surface area contributed by atoms with Crippen molar-refractivity contribution in [3.8, 4) is 0 Å². The highest BCUT2D eigenvalue weighted by Gasteiger charge is 2.23. The van der Waals surface area contributed by atoms with E-state index >= 15 is 0 Å². The molecule has 0 radical (unpaired) electrons. The lowest BCUT2D eigenvalue weighted by Crippen LogP contribution is -2.45. The van der Waals surface area contributed by atoms with E-state index in [2.05, 4.69) is 41.3 Å². The van der Waals surface area contributed by atoms with Crippen molar-refractivity contribution in [3.63, 3.8) is 0 Å². The third-order valence-electron chi connectivity index (χ3n) is 4.73. The van der Waals surface area contributed by atoms with Gasteiger partial charge in [-0.15, -0.1) is 0 Å². The summed E-state index contributed by atoms with van der Waals surface area (Å²) >= 11 is 6.16. The molecule has 0 amide bonds. The Morgan fingerprint density at radius 1 is 1.14 bits per heavy atom. The van der Waals surface area contributed by atoms with Gasteiger partial charge in [-0.2, -0.15) is 0 Å². The monoisotopic (exact) mass is 320 g/mol. The Balaban J connectivity index is 2.09. The number of rotatable bonds is 4. The maximum atomic E-state index is 6.16. The molecule has 0 N–H and O–H groups in total. The van der Waals surface area contributed by atoms with Crippen molar-refractivity contribution in [2.75, 3.05) is 38.1 Å². The van der Waals surface area contributed by atoms with E-state index < -0.39 is 0 Å². The SMILES string of the molecule is CCC(CC)n1c(N2CCN(C)CC2)nc2cc(Cl)ccc21. The number of imidazole rings is 1. The fraction of sp³-hybridized carbons (Fsp3) is 0.588. The molecule has 5 heteroatoms. The van der Waals surface area contributed by atoms with Gasteiger partial charge < -0.3 is 14.4 Å². The number of hydrogen-bond donors (Lipinski definition) is 0. The first-order valence-electron chi connectivity index (χ1n) is 8.25. The average Bonchev–Trinajstić information content (AvgIpc) is 2.88. The van der Waals surface area contributed by atoms with Gasteiger partial charge >= 0.3 is 0 Å². The summed E-state index contributed by atoms with van der Waals surface area (Å²) in [6, 6.07) is 6.55. The smallest absolute Gasteiger partial charge is 0.206 e. The standard InChI is InChI=1S/C17H25ClN4/c1-4-14(5-2)22-16-7-6-13(18)12-15(16)19-17(22)21-10-8-20(3)9-11-21/h6-7,12,14H,4-5,8-11H2,1-3H3. The lowest BCUT2D eigenvalue weighted by atomic mass is 10.1. The molecule has 1 aromatic heterocycles. The van der Waals surface area contributed by atoms with E-state index in [1.54, 1.807) is 0 Å². The Hall–Kier alpha value is -1.26. The molecule has 0 atom stereocenters. The Bertz CT molecular complexity index is 639. The van der Waals surface area contributed by atoms with E-state index in [1.807, 2.05) is 12.1 Å². The van der Waals surface area contributed by atoms with E-state index in [0.29, 0.717) is 6.04 Å². The van der Waals surface area contributed by atoms with Crippen molar-refractivity contribution in [2.24, 2.45) is 0 Å². The number of benzene rings is 1. The first kappa shape index (κ1) is 15.6. The van der Waals surface area contributed by atoms with Gasteiger partial charge in [-0.25, -0.2) is 4.98 Å². The molecule has 1 aromatic carbocycles. The maximum absolute atomic E-state index is 6.16. The van der Waals surface area contributed by atoms with Crippen LogP contribution in [0.15, 0.2) is 18.2 Å². The van der Waals surface area contributed by atoms with Gasteiger partial charge in [-0.3, -0.25) is 0 Å². The van der Waals surface area contributed by atoms with Gasteiger partial charge in [0, 0.05) is 37.2 Å². The molecule has 0 saturated carbocycles. The van der Waals surface area contributed by atoms with Crippen molar-refractivity contribution in [1.82, 2.24) is 14.5 Å². The van der Waals surface area contributed by atoms with Crippen LogP contribution in [0.3, 0.4) is 0 Å². The fourth-order valence-electron chi connectivity index (χ4n) is 3.30. The molecule has 2 heterocycles. The lowest BCUT2D eigenvalue weighted by molar-refractivity contribution is 0.308. The molecule has 1 saturated heterocycles. The molecule has 0 unspecified atom stereocenters. The van der Waals surface area contributed by atoms with Gasteiger partial charge in [0.25, 0.3) is 0 Å². The number of likely N-dealkylation sites (N-methyl/N-ethyl adjacent to an activating group) is 1. The molecule has 22 heavy (non-hydrogen) atoms. The molecular formula is C17H25ClN4. The first-order valence-corrected chi connectivity index (χ1v) is 8.62. The van der Waals surface area contributed by atoms with Crippen LogP contribution in [-0.2, 0) is 0 Å². The second-order valence-electron chi connectivity index (χ2n) is 6.18. The predicted octanol–water partition coefficient (Wildman–Crippen LogP) is 3.80. The zero-order valence-corrected chi connectivity index (χ0v) is 14.5.